The predicted molar refractivity (Wildman–Crippen MR) is 158 cm³/mol. The van der Waals surface area contributed by atoms with Gasteiger partial charge in [-0.3, -0.25) is 9.59 Å². The van der Waals surface area contributed by atoms with Gasteiger partial charge in [-0.2, -0.15) is 0 Å². The Labute approximate surface area is 229 Å². The molecule has 37 heavy (non-hydrogen) atoms. The van der Waals surface area contributed by atoms with Crippen molar-refractivity contribution >= 4 is 11.9 Å². The molecular formula is C33H58O4. The molecule has 0 spiro atoms. The molecule has 0 saturated heterocycles. The van der Waals surface area contributed by atoms with Crippen molar-refractivity contribution in [3.05, 3.63) is 36.5 Å². The maximum absolute atomic E-state index is 12.4. The fraction of sp³-hybridized carbons (Fsp3) is 0.758. The zero-order valence-electron chi connectivity index (χ0n) is 24.3. The molecule has 0 heterocycles. The number of ether oxygens (including phenoxy) is 1. The van der Waals surface area contributed by atoms with E-state index in [-0.39, 0.29) is 18.5 Å². The van der Waals surface area contributed by atoms with Gasteiger partial charge in [0.15, 0.2) is 0 Å². The number of aliphatic carboxylic acids is 1. The predicted octanol–water partition coefficient (Wildman–Crippen LogP) is 10.3. The van der Waals surface area contributed by atoms with Crippen molar-refractivity contribution in [2.24, 2.45) is 0 Å². The number of esters is 1. The Morgan fingerprint density at radius 3 is 1.86 bits per heavy atom. The highest BCUT2D eigenvalue weighted by atomic mass is 16.5. The summed E-state index contributed by atoms with van der Waals surface area (Å²) >= 11 is 0. The van der Waals surface area contributed by atoms with E-state index < -0.39 is 5.97 Å². The first-order chi connectivity index (χ1) is 18.1. The van der Waals surface area contributed by atoms with Crippen LogP contribution in [0.3, 0.4) is 0 Å². The van der Waals surface area contributed by atoms with E-state index in [9.17, 15) is 9.59 Å². The van der Waals surface area contributed by atoms with Gasteiger partial charge in [0.25, 0.3) is 0 Å². The molecule has 1 atom stereocenters. The molecule has 0 aliphatic rings. The van der Waals surface area contributed by atoms with Gasteiger partial charge in [-0.05, 0) is 70.3 Å². The van der Waals surface area contributed by atoms with Gasteiger partial charge in [-0.15, -0.1) is 0 Å². The Bertz CT molecular complexity index is 605. The minimum absolute atomic E-state index is 0.0810. The molecule has 0 bridgehead atoms. The second-order valence-electron chi connectivity index (χ2n) is 10.3. The number of carbonyl (C=O) groups excluding carboxylic acids is 1. The molecular weight excluding hydrogens is 460 g/mol. The van der Waals surface area contributed by atoms with Crippen molar-refractivity contribution in [1.82, 2.24) is 0 Å². The van der Waals surface area contributed by atoms with Gasteiger partial charge in [0.2, 0.25) is 0 Å². The van der Waals surface area contributed by atoms with Gasteiger partial charge in [0.05, 0.1) is 0 Å². The van der Waals surface area contributed by atoms with Crippen LogP contribution in [-0.4, -0.2) is 23.1 Å². The summed E-state index contributed by atoms with van der Waals surface area (Å²) in [7, 11) is 0. The third kappa shape index (κ3) is 28.6. The summed E-state index contributed by atoms with van der Waals surface area (Å²) in [6, 6.07) is 0. The van der Waals surface area contributed by atoms with Crippen LogP contribution in [-0.2, 0) is 14.3 Å². The van der Waals surface area contributed by atoms with Gasteiger partial charge in [0.1, 0.15) is 6.10 Å². The number of hydrogen-bond donors (Lipinski definition) is 1. The lowest BCUT2D eigenvalue weighted by atomic mass is 10.1. The van der Waals surface area contributed by atoms with Crippen molar-refractivity contribution in [2.75, 3.05) is 0 Å². The number of allylic oxidation sites excluding steroid dienone is 5. The quantitative estimate of drug-likeness (QED) is 0.0667. The van der Waals surface area contributed by atoms with E-state index in [0.717, 1.165) is 64.2 Å². The van der Waals surface area contributed by atoms with Crippen LogP contribution in [0.4, 0.5) is 0 Å². The van der Waals surface area contributed by atoms with Crippen molar-refractivity contribution in [3.63, 3.8) is 0 Å². The molecule has 0 aliphatic carbocycles. The summed E-state index contributed by atoms with van der Waals surface area (Å²) in [5.74, 6) is -0.807. The summed E-state index contributed by atoms with van der Waals surface area (Å²) in [4.78, 5) is 23.1. The first-order valence-corrected chi connectivity index (χ1v) is 15.5. The van der Waals surface area contributed by atoms with Crippen LogP contribution in [0.2, 0.25) is 0 Å². The maximum Gasteiger partial charge on any atom is 0.306 e. The summed E-state index contributed by atoms with van der Waals surface area (Å²) in [5, 5.41) is 8.77. The van der Waals surface area contributed by atoms with Crippen LogP contribution in [0.1, 0.15) is 155 Å². The molecule has 0 saturated carbocycles. The van der Waals surface area contributed by atoms with E-state index in [2.05, 4.69) is 50.3 Å². The number of carboxylic acid groups (broad SMARTS) is 1. The Morgan fingerprint density at radius 1 is 0.622 bits per heavy atom. The molecule has 0 aliphatic heterocycles. The van der Waals surface area contributed by atoms with Gasteiger partial charge in [-0.1, -0.05) is 108 Å². The molecule has 0 fully saturated rings. The van der Waals surface area contributed by atoms with E-state index in [1.807, 2.05) is 0 Å². The van der Waals surface area contributed by atoms with Crippen LogP contribution >= 0.6 is 0 Å². The maximum atomic E-state index is 12.4. The lowest BCUT2D eigenvalue weighted by Gasteiger charge is -2.15. The second-order valence-corrected chi connectivity index (χ2v) is 10.3. The van der Waals surface area contributed by atoms with E-state index in [1.165, 1.54) is 64.2 Å². The normalized spacial score (nSPS) is 12.7. The highest BCUT2D eigenvalue weighted by Gasteiger charge is 2.11. The lowest BCUT2D eigenvalue weighted by molar-refractivity contribution is -0.147. The summed E-state index contributed by atoms with van der Waals surface area (Å²) in [6.45, 7) is 4.43. The number of unbranched alkanes of at least 4 members (excludes halogenated alkanes) is 14. The third-order valence-electron chi connectivity index (χ3n) is 6.55. The molecule has 0 aromatic rings. The largest absolute Gasteiger partial charge is 0.481 e. The van der Waals surface area contributed by atoms with Gasteiger partial charge >= 0.3 is 11.9 Å². The Morgan fingerprint density at radius 2 is 1.19 bits per heavy atom. The van der Waals surface area contributed by atoms with Crippen LogP contribution in [0.5, 0.6) is 0 Å². The zero-order chi connectivity index (χ0) is 27.2. The SMILES string of the molecule is CCC/C=C\C/C=C\CCCCCCCC(=O)OC(/C=C\CCCCCCC)CCCCCCC(=O)O. The second kappa shape index (κ2) is 28.7. The number of carboxylic acids is 1. The van der Waals surface area contributed by atoms with Crippen LogP contribution < -0.4 is 0 Å². The topological polar surface area (TPSA) is 63.6 Å². The molecule has 4 heteroatoms. The Hall–Kier alpha value is -1.84. The Balaban J connectivity index is 4.08. The molecule has 0 rings (SSSR count). The van der Waals surface area contributed by atoms with Crippen LogP contribution in [0.15, 0.2) is 36.5 Å². The average molecular weight is 519 g/mol. The van der Waals surface area contributed by atoms with Crippen molar-refractivity contribution in [3.8, 4) is 0 Å². The minimum atomic E-state index is -0.726. The zero-order valence-corrected chi connectivity index (χ0v) is 24.3. The smallest absolute Gasteiger partial charge is 0.306 e. The molecule has 0 aromatic heterocycles. The molecule has 1 N–H and O–H groups in total. The van der Waals surface area contributed by atoms with Crippen molar-refractivity contribution in [1.29, 1.82) is 0 Å². The summed E-state index contributed by atoms with van der Waals surface area (Å²) in [5.41, 5.74) is 0. The molecule has 0 radical (unpaired) electrons. The number of rotatable bonds is 27. The van der Waals surface area contributed by atoms with E-state index in [0.29, 0.717) is 6.42 Å². The Kier molecular flexibility index (Phi) is 27.3. The molecule has 1 unspecified atom stereocenters. The number of carbonyl (C=O) groups is 2. The molecule has 4 nitrogen and oxygen atoms in total. The first kappa shape index (κ1) is 35.2. The van der Waals surface area contributed by atoms with Crippen molar-refractivity contribution in [2.45, 2.75) is 161 Å². The fourth-order valence-electron chi connectivity index (χ4n) is 4.25. The molecule has 214 valence electrons. The van der Waals surface area contributed by atoms with Gasteiger partial charge < -0.3 is 9.84 Å². The van der Waals surface area contributed by atoms with E-state index in [1.54, 1.807) is 0 Å². The van der Waals surface area contributed by atoms with Gasteiger partial charge in [-0.25, -0.2) is 0 Å². The fourth-order valence-corrected chi connectivity index (χ4v) is 4.25. The highest BCUT2D eigenvalue weighted by Crippen LogP contribution is 2.15. The average Bonchev–Trinajstić information content (AvgIpc) is 2.87. The number of hydrogen-bond acceptors (Lipinski definition) is 3. The van der Waals surface area contributed by atoms with E-state index >= 15 is 0 Å². The molecule has 0 aromatic carbocycles. The van der Waals surface area contributed by atoms with Crippen LogP contribution in [0.25, 0.3) is 0 Å². The van der Waals surface area contributed by atoms with Crippen LogP contribution in [0, 0.1) is 0 Å². The van der Waals surface area contributed by atoms with E-state index in [4.69, 9.17) is 9.84 Å². The standard InChI is InChI=1S/C33H58O4/c1-3-5-7-9-11-12-13-14-15-16-18-20-26-30-33(36)37-31(27-23-19-17-10-8-6-4-2)28-24-21-22-25-29-32(34)35/h7,9,12-13,23,27,31H,3-6,8,10-11,14-22,24-26,28-30H2,1-2H3,(H,34,35)/b9-7-,13-12-,27-23-. The summed E-state index contributed by atoms with van der Waals surface area (Å²) in [6.07, 6.45) is 35.9. The first-order valence-electron chi connectivity index (χ1n) is 15.5. The highest BCUT2D eigenvalue weighted by molar-refractivity contribution is 5.69. The van der Waals surface area contributed by atoms with Crippen molar-refractivity contribution < 1.29 is 19.4 Å². The third-order valence-corrected chi connectivity index (χ3v) is 6.55. The van der Waals surface area contributed by atoms with Gasteiger partial charge in [0, 0.05) is 12.8 Å². The summed E-state index contributed by atoms with van der Waals surface area (Å²) < 4.78 is 5.81. The minimum Gasteiger partial charge on any atom is -0.481 e. The lowest BCUT2D eigenvalue weighted by Crippen LogP contribution is -2.16. The molecule has 0 amide bonds. The monoisotopic (exact) mass is 518 g/mol.